The predicted molar refractivity (Wildman–Crippen MR) is 86.5 cm³/mol. The van der Waals surface area contributed by atoms with Gasteiger partial charge in [0.2, 0.25) is 0 Å². The van der Waals surface area contributed by atoms with Crippen LogP contribution >= 0.6 is 11.3 Å². The van der Waals surface area contributed by atoms with E-state index in [1.807, 2.05) is 29.7 Å². The molecule has 6 heteroatoms. The summed E-state index contributed by atoms with van der Waals surface area (Å²) in [7, 11) is 0. The van der Waals surface area contributed by atoms with Gasteiger partial charge in [-0.1, -0.05) is 13.0 Å². The van der Waals surface area contributed by atoms with Crippen LogP contribution in [0.4, 0.5) is 0 Å². The quantitative estimate of drug-likeness (QED) is 0.584. The summed E-state index contributed by atoms with van der Waals surface area (Å²) in [6.07, 6.45) is 0.277. The highest BCUT2D eigenvalue weighted by atomic mass is 32.1. The third-order valence-corrected chi connectivity index (χ3v) is 4.55. The zero-order chi connectivity index (χ0) is 16.6. The van der Waals surface area contributed by atoms with E-state index in [1.54, 1.807) is 6.92 Å². The maximum absolute atomic E-state index is 12.4. The summed E-state index contributed by atoms with van der Waals surface area (Å²) in [5, 5.41) is 31.3. The summed E-state index contributed by atoms with van der Waals surface area (Å²) in [6, 6.07) is 10.5. The van der Waals surface area contributed by atoms with Crippen molar-refractivity contribution in [1.29, 1.82) is 10.5 Å². The normalized spacial score (nSPS) is 10.4. The van der Waals surface area contributed by atoms with Gasteiger partial charge < -0.3 is 5.21 Å². The van der Waals surface area contributed by atoms with Crippen LogP contribution in [0.5, 0.6) is 0 Å². The van der Waals surface area contributed by atoms with Gasteiger partial charge >= 0.3 is 0 Å². The van der Waals surface area contributed by atoms with Crippen LogP contribution in [-0.2, 0) is 0 Å². The summed E-state index contributed by atoms with van der Waals surface area (Å²) >= 11 is 1.40. The first-order chi connectivity index (χ1) is 11.1. The number of aromatic nitrogens is 1. The van der Waals surface area contributed by atoms with E-state index in [9.17, 15) is 15.3 Å². The number of carbonyl (C=O) groups excluding carboxylic acids is 1. The topological polar surface area (TPSA) is 89.8 Å². The molecular weight excluding hydrogens is 310 g/mol. The molecule has 0 aliphatic heterocycles. The lowest BCUT2D eigenvalue weighted by Gasteiger charge is -2.02. The molecule has 0 saturated heterocycles. The van der Waals surface area contributed by atoms with Crippen LogP contribution in [0.3, 0.4) is 0 Å². The Morgan fingerprint density at radius 3 is 2.57 bits per heavy atom. The van der Waals surface area contributed by atoms with Crippen molar-refractivity contribution < 1.29 is 10.0 Å². The Hall–Kier alpha value is -3.09. The number of rotatable bonds is 3. The van der Waals surface area contributed by atoms with Gasteiger partial charge in [-0.05, 0) is 23.6 Å². The zero-order valence-corrected chi connectivity index (χ0v) is 13.0. The standard InChI is InChI=1S/C17H11N3O2S/c1-2-14(21)16-12-6-10(8-18)11(9-19)7-13(12)20(22)17(16)15-4-3-5-23-15/h3-7,22H,2H2,1H3. The van der Waals surface area contributed by atoms with Crippen molar-refractivity contribution in [1.82, 2.24) is 4.73 Å². The lowest BCUT2D eigenvalue weighted by molar-refractivity contribution is 0.0988. The second kappa shape index (κ2) is 5.60. The molecule has 23 heavy (non-hydrogen) atoms. The lowest BCUT2D eigenvalue weighted by Crippen LogP contribution is -2.00. The van der Waals surface area contributed by atoms with Gasteiger partial charge in [0, 0.05) is 11.8 Å². The molecule has 0 saturated carbocycles. The first kappa shape index (κ1) is 14.8. The van der Waals surface area contributed by atoms with Crippen molar-refractivity contribution in [3.8, 4) is 22.7 Å². The second-order valence-electron chi connectivity index (χ2n) is 4.93. The largest absolute Gasteiger partial charge is 0.428 e. The molecule has 3 rings (SSSR count). The van der Waals surface area contributed by atoms with E-state index < -0.39 is 0 Å². The maximum atomic E-state index is 12.4. The van der Waals surface area contributed by atoms with E-state index in [0.29, 0.717) is 22.2 Å². The number of hydrogen-bond acceptors (Lipinski definition) is 5. The Morgan fingerprint density at radius 1 is 1.30 bits per heavy atom. The summed E-state index contributed by atoms with van der Waals surface area (Å²) < 4.78 is 0.937. The molecule has 0 radical (unpaired) electrons. The monoisotopic (exact) mass is 321 g/mol. The third-order valence-electron chi connectivity index (χ3n) is 3.68. The molecule has 0 spiro atoms. The molecule has 2 aromatic heterocycles. The molecule has 5 nitrogen and oxygen atoms in total. The zero-order valence-electron chi connectivity index (χ0n) is 12.2. The first-order valence-electron chi connectivity index (χ1n) is 6.91. The molecule has 0 aliphatic carbocycles. The minimum Gasteiger partial charge on any atom is -0.428 e. The van der Waals surface area contributed by atoms with Gasteiger partial charge in [0.25, 0.3) is 0 Å². The molecular formula is C17H11N3O2S. The van der Waals surface area contributed by atoms with E-state index in [0.717, 1.165) is 9.61 Å². The number of thiophene rings is 1. The third kappa shape index (κ3) is 2.17. The van der Waals surface area contributed by atoms with Crippen molar-refractivity contribution in [2.24, 2.45) is 0 Å². The Bertz CT molecular complexity index is 1000. The lowest BCUT2D eigenvalue weighted by atomic mass is 10.00. The summed E-state index contributed by atoms with van der Waals surface area (Å²) in [5.74, 6) is -0.125. The highest BCUT2D eigenvalue weighted by Gasteiger charge is 2.24. The van der Waals surface area contributed by atoms with Gasteiger partial charge in [-0.15, -0.1) is 11.3 Å². The summed E-state index contributed by atoms with van der Waals surface area (Å²) in [5.41, 5.74) is 1.49. The highest BCUT2D eigenvalue weighted by Crippen LogP contribution is 2.37. The van der Waals surface area contributed by atoms with Crippen LogP contribution in [0.15, 0.2) is 29.6 Å². The van der Waals surface area contributed by atoms with Gasteiger partial charge in [-0.2, -0.15) is 15.3 Å². The van der Waals surface area contributed by atoms with Crippen molar-refractivity contribution >= 4 is 28.0 Å². The molecule has 1 aromatic carbocycles. The molecule has 3 aromatic rings. The van der Waals surface area contributed by atoms with Crippen LogP contribution in [0, 0.1) is 22.7 Å². The van der Waals surface area contributed by atoms with Gasteiger partial charge in [0.1, 0.15) is 17.8 Å². The number of carbonyl (C=O) groups is 1. The summed E-state index contributed by atoms with van der Waals surface area (Å²) in [6.45, 7) is 1.75. The van der Waals surface area contributed by atoms with Crippen LogP contribution in [0.2, 0.25) is 0 Å². The number of hydrogen-bond donors (Lipinski definition) is 1. The first-order valence-corrected chi connectivity index (χ1v) is 7.79. The molecule has 2 heterocycles. The van der Waals surface area contributed by atoms with Gasteiger partial charge in [-0.25, -0.2) is 0 Å². The Labute approximate surface area is 136 Å². The highest BCUT2D eigenvalue weighted by molar-refractivity contribution is 7.13. The molecule has 0 unspecified atom stereocenters. The smallest absolute Gasteiger partial charge is 0.165 e. The SMILES string of the molecule is CCC(=O)c1c(-c2cccs2)n(O)c2cc(C#N)c(C#N)cc12. The number of Topliss-reactive ketones (excluding diaryl/α,β-unsaturated/α-hetero) is 1. The molecule has 0 bridgehead atoms. The molecule has 0 amide bonds. The van der Waals surface area contributed by atoms with Crippen molar-refractivity contribution in [3.05, 3.63) is 46.3 Å². The van der Waals surface area contributed by atoms with Crippen LogP contribution in [0.25, 0.3) is 21.5 Å². The van der Waals surface area contributed by atoms with E-state index in [2.05, 4.69) is 0 Å². The average Bonchev–Trinajstić information content (AvgIpc) is 3.19. The number of nitriles is 2. The second-order valence-corrected chi connectivity index (χ2v) is 5.88. The number of fused-ring (bicyclic) bond motifs is 1. The fourth-order valence-electron chi connectivity index (χ4n) is 2.60. The van der Waals surface area contributed by atoms with Crippen LogP contribution < -0.4 is 0 Å². The Kier molecular flexibility index (Phi) is 3.61. The molecule has 0 fully saturated rings. The van der Waals surface area contributed by atoms with E-state index in [1.165, 1.54) is 23.5 Å². The van der Waals surface area contributed by atoms with Crippen molar-refractivity contribution in [2.75, 3.05) is 0 Å². The average molecular weight is 321 g/mol. The molecule has 0 atom stereocenters. The molecule has 0 aliphatic rings. The predicted octanol–water partition coefficient (Wildman–Crippen LogP) is 3.94. The fraction of sp³-hybridized carbons (Fsp3) is 0.118. The number of ketones is 1. The van der Waals surface area contributed by atoms with Gasteiger partial charge in [0.15, 0.2) is 5.78 Å². The summed E-state index contributed by atoms with van der Waals surface area (Å²) in [4.78, 5) is 13.2. The van der Waals surface area contributed by atoms with Crippen molar-refractivity contribution in [3.63, 3.8) is 0 Å². The van der Waals surface area contributed by atoms with Crippen molar-refractivity contribution in [2.45, 2.75) is 13.3 Å². The van der Waals surface area contributed by atoms with E-state index in [4.69, 9.17) is 5.26 Å². The number of benzene rings is 1. The number of nitrogens with zero attached hydrogens (tertiary/aromatic N) is 3. The van der Waals surface area contributed by atoms with E-state index >= 15 is 0 Å². The van der Waals surface area contributed by atoms with E-state index in [-0.39, 0.29) is 23.3 Å². The van der Waals surface area contributed by atoms with Crippen LogP contribution in [-0.4, -0.2) is 15.7 Å². The molecule has 112 valence electrons. The molecule has 1 N–H and O–H groups in total. The Morgan fingerprint density at radius 2 is 2.00 bits per heavy atom. The maximum Gasteiger partial charge on any atom is 0.165 e. The Balaban J connectivity index is 2.49. The minimum absolute atomic E-state index is 0.125. The van der Waals surface area contributed by atoms with Crippen LogP contribution in [0.1, 0.15) is 34.8 Å². The fourth-order valence-corrected chi connectivity index (χ4v) is 3.36. The van der Waals surface area contributed by atoms with Gasteiger partial charge in [-0.3, -0.25) is 4.79 Å². The van der Waals surface area contributed by atoms with Gasteiger partial charge in [0.05, 0.1) is 27.1 Å². The minimum atomic E-state index is -0.125.